The van der Waals surface area contributed by atoms with Gasteiger partial charge in [0, 0.05) is 11.4 Å². The number of hydrogen-bond donors (Lipinski definition) is 2. The Kier molecular flexibility index (Phi) is 4.88. The van der Waals surface area contributed by atoms with Crippen LogP contribution in [0, 0.1) is 19.1 Å². The Labute approximate surface area is 175 Å². The maximum atomic E-state index is 5.24. The third-order valence-corrected chi connectivity index (χ3v) is 6.88. The van der Waals surface area contributed by atoms with E-state index in [2.05, 4.69) is 48.5 Å². The molecule has 2 aromatic heterocycles. The van der Waals surface area contributed by atoms with Gasteiger partial charge in [0.25, 0.3) is 0 Å². The quantitative estimate of drug-likeness (QED) is 0.703. The number of aryl methyl sites for hydroxylation is 2. The molecule has 3 aromatic rings. The van der Waals surface area contributed by atoms with Gasteiger partial charge in [0.15, 0.2) is 0 Å². The van der Waals surface area contributed by atoms with Gasteiger partial charge in [-0.2, -0.15) is 4.99 Å². The number of likely N-dealkylation sites (N-methyl/N-ethyl adjacent to an activating group) is 1. The zero-order valence-electron chi connectivity index (χ0n) is 16.8. The lowest BCUT2D eigenvalue weighted by Gasteiger charge is -2.36. The van der Waals surface area contributed by atoms with Gasteiger partial charge < -0.3 is 9.73 Å². The average molecular weight is 406 g/mol. The molecule has 2 atom stereocenters. The number of furan rings is 1. The Balaban J connectivity index is 1.44. The summed E-state index contributed by atoms with van der Waals surface area (Å²) in [6.07, 6.45) is 5.78. The first-order chi connectivity index (χ1) is 14.2. The van der Waals surface area contributed by atoms with E-state index in [9.17, 15) is 0 Å². The Hall–Kier alpha value is -2.59. The molecule has 6 heteroatoms. The van der Waals surface area contributed by atoms with Gasteiger partial charge in [0.1, 0.15) is 10.7 Å². The van der Waals surface area contributed by atoms with Crippen LogP contribution < -0.4 is 10.2 Å². The number of aliphatic imine (C=N–C) groups is 1. The van der Waals surface area contributed by atoms with Crippen LogP contribution in [-0.4, -0.2) is 43.5 Å². The zero-order valence-corrected chi connectivity index (χ0v) is 17.6. The van der Waals surface area contributed by atoms with Crippen molar-refractivity contribution in [2.45, 2.75) is 25.8 Å². The number of fused-ring (bicyclic) bond motifs is 2. The molecular weight excluding hydrogens is 380 g/mol. The van der Waals surface area contributed by atoms with Gasteiger partial charge in [0.2, 0.25) is 5.84 Å². The Morgan fingerprint density at radius 1 is 1.41 bits per heavy atom. The van der Waals surface area contributed by atoms with Gasteiger partial charge in [-0.1, -0.05) is 6.07 Å². The molecule has 0 aliphatic carbocycles. The number of quaternary nitrogens is 1. The van der Waals surface area contributed by atoms with E-state index in [0.717, 1.165) is 49.7 Å². The molecule has 0 saturated carbocycles. The number of anilines is 2. The van der Waals surface area contributed by atoms with Crippen LogP contribution in [0.3, 0.4) is 0 Å². The van der Waals surface area contributed by atoms with Crippen molar-refractivity contribution in [2.75, 3.05) is 32.0 Å². The Bertz CT molecular complexity index is 1020. The number of nitrogens with zero attached hydrogens (tertiary/aromatic N) is 2. The Morgan fingerprint density at radius 2 is 2.34 bits per heavy atom. The normalized spacial score (nSPS) is 21.4. The van der Waals surface area contributed by atoms with Crippen LogP contribution in [0.25, 0.3) is 0 Å². The summed E-state index contributed by atoms with van der Waals surface area (Å²) in [6.45, 7) is 5.33. The standard InChI is InChI=1S/C23H24N4OS/c1-16-13-19-22(24-20-5-3-4-6-21(20)25-23(19)29-16)27-11-10-26(2)18(14-27)8-7-17-9-12-28-15-17/h4,6,9,12-13,15,18,25H,7-8,10-11,14H2,1-2H3/p+1/t18-/m0/s1. The minimum absolute atomic E-state index is 0.515. The van der Waals surface area contributed by atoms with Crippen molar-refractivity contribution in [2.24, 2.45) is 4.99 Å². The summed E-state index contributed by atoms with van der Waals surface area (Å²) in [5.74, 6) is 1.13. The van der Waals surface area contributed by atoms with E-state index in [-0.39, 0.29) is 0 Å². The van der Waals surface area contributed by atoms with Gasteiger partial charge in [-0.3, -0.25) is 9.80 Å². The molecule has 0 spiro atoms. The second-order valence-corrected chi connectivity index (χ2v) is 9.17. The van der Waals surface area contributed by atoms with Gasteiger partial charge in [0.05, 0.1) is 42.9 Å². The molecule has 0 bridgehead atoms. The molecule has 1 aromatic carbocycles. The third kappa shape index (κ3) is 3.69. The third-order valence-electron chi connectivity index (χ3n) is 5.91. The largest absolute Gasteiger partial charge is 0.472 e. The number of amidine groups is 1. The van der Waals surface area contributed by atoms with Crippen molar-refractivity contribution >= 4 is 33.5 Å². The predicted molar refractivity (Wildman–Crippen MR) is 117 cm³/mol. The zero-order chi connectivity index (χ0) is 19.8. The predicted octanol–water partition coefficient (Wildman–Crippen LogP) is 3.22. The molecule has 1 unspecified atom stereocenters. The van der Waals surface area contributed by atoms with Crippen molar-refractivity contribution in [3.05, 3.63) is 64.9 Å². The molecule has 1 saturated heterocycles. The summed E-state index contributed by atoms with van der Waals surface area (Å²) in [7, 11) is 2.24. The number of piperazine rings is 1. The molecular formula is C23H25N4OS+. The summed E-state index contributed by atoms with van der Waals surface area (Å²) in [6, 6.07) is 15.0. The van der Waals surface area contributed by atoms with E-state index >= 15 is 0 Å². The molecule has 4 heterocycles. The fourth-order valence-corrected chi connectivity index (χ4v) is 5.18. The summed E-state index contributed by atoms with van der Waals surface area (Å²) < 4.78 is 5.24. The minimum atomic E-state index is 0.515. The molecule has 2 N–H and O–H groups in total. The summed E-state index contributed by atoms with van der Waals surface area (Å²) in [5.41, 5.74) is 4.36. The van der Waals surface area contributed by atoms with Crippen LogP contribution >= 0.6 is 11.3 Å². The molecule has 5 nitrogen and oxygen atoms in total. The molecule has 148 valence electrons. The first kappa shape index (κ1) is 18.4. The number of nitrogens with one attached hydrogen (secondary N) is 2. The van der Waals surface area contributed by atoms with Crippen molar-refractivity contribution in [3.63, 3.8) is 0 Å². The fourth-order valence-electron chi connectivity index (χ4n) is 4.26. The summed E-state index contributed by atoms with van der Waals surface area (Å²) >= 11 is 1.79. The molecule has 2 aliphatic rings. The lowest BCUT2D eigenvalue weighted by Crippen LogP contribution is -3.18. The van der Waals surface area contributed by atoms with Crippen molar-refractivity contribution in [1.82, 2.24) is 4.90 Å². The Morgan fingerprint density at radius 3 is 3.21 bits per heavy atom. The SMILES string of the molecule is Cc1cc2c(s1)Nc1ccc#cc1N=C2[NH+]1CCN(C)[C@@H](CCc2ccoc2)C1. The van der Waals surface area contributed by atoms with Crippen LogP contribution in [0.4, 0.5) is 16.4 Å². The van der Waals surface area contributed by atoms with Crippen LogP contribution in [0.1, 0.15) is 22.4 Å². The van der Waals surface area contributed by atoms with E-state index in [1.165, 1.54) is 25.9 Å². The monoisotopic (exact) mass is 405 g/mol. The molecule has 0 amide bonds. The van der Waals surface area contributed by atoms with Crippen molar-refractivity contribution in [1.29, 1.82) is 0 Å². The van der Waals surface area contributed by atoms with Crippen molar-refractivity contribution in [3.8, 4) is 0 Å². The maximum absolute atomic E-state index is 5.24. The van der Waals surface area contributed by atoms with Crippen LogP contribution in [0.2, 0.25) is 0 Å². The van der Waals surface area contributed by atoms with E-state index in [1.54, 1.807) is 17.6 Å². The van der Waals surface area contributed by atoms with Gasteiger partial charge in [-0.25, -0.2) is 0 Å². The molecule has 29 heavy (non-hydrogen) atoms. The molecule has 2 aliphatic heterocycles. The minimum Gasteiger partial charge on any atom is -0.472 e. The van der Waals surface area contributed by atoms with E-state index in [1.807, 2.05) is 18.4 Å². The number of hydrogen-bond acceptors (Lipinski definition) is 5. The van der Waals surface area contributed by atoms with E-state index in [4.69, 9.17) is 9.41 Å². The van der Waals surface area contributed by atoms with Crippen LogP contribution in [0.5, 0.6) is 0 Å². The number of rotatable bonds is 3. The maximum Gasteiger partial charge on any atom is 0.237 e. The van der Waals surface area contributed by atoms with Crippen LogP contribution in [-0.2, 0) is 6.42 Å². The first-order valence-electron chi connectivity index (χ1n) is 10.1. The highest BCUT2D eigenvalue weighted by Crippen LogP contribution is 2.36. The van der Waals surface area contributed by atoms with E-state index in [0.29, 0.717) is 6.04 Å². The molecule has 0 radical (unpaired) electrons. The first-order valence-corrected chi connectivity index (χ1v) is 10.9. The smallest absolute Gasteiger partial charge is 0.237 e. The molecule has 5 rings (SSSR count). The van der Waals surface area contributed by atoms with E-state index < -0.39 is 0 Å². The highest BCUT2D eigenvalue weighted by Gasteiger charge is 2.34. The van der Waals surface area contributed by atoms with Gasteiger partial charge in [-0.15, -0.1) is 11.3 Å². The lowest BCUT2D eigenvalue weighted by atomic mass is 10.0. The lowest BCUT2D eigenvalue weighted by molar-refractivity contribution is -0.814. The molecule has 1 fully saturated rings. The van der Waals surface area contributed by atoms with Crippen LogP contribution in [0.15, 0.2) is 46.2 Å². The van der Waals surface area contributed by atoms with Crippen molar-refractivity contribution < 1.29 is 9.32 Å². The highest BCUT2D eigenvalue weighted by atomic mass is 32.1. The fraction of sp³-hybridized carbons (Fsp3) is 0.348. The van der Waals surface area contributed by atoms with Gasteiger partial charge in [-0.05, 0) is 62.7 Å². The summed E-state index contributed by atoms with van der Waals surface area (Å²) in [5, 5.41) is 4.76. The highest BCUT2D eigenvalue weighted by molar-refractivity contribution is 7.16. The van der Waals surface area contributed by atoms with Gasteiger partial charge >= 0.3 is 0 Å². The number of thiophene rings is 1. The average Bonchev–Trinajstić information content (AvgIpc) is 3.33. The topological polar surface area (TPSA) is 45.2 Å². The summed E-state index contributed by atoms with van der Waals surface area (Å²) in [4.78, 5) is 10.3. The second-order valence-electron chi connectivity index (χ2n) is 7.91. The second kappa shape index (κ2) is 7.68.